The van der Waals surface area contributed by atoms with Crippen molar-refractivity contribution in [2.75, 3.05) is 33.4 Å². The fraction of sp³-hybridized carbons (Fsp3) is 0.938. The van der Waals surface area contributed by atoms with E-state index < -0.39 is 5.54 Å². The van der Waals surface area contributed by atoms with Crippen molar-refractivity contribution in [3.8, 4) is 0 Å². The molecule has 120 valence electrons. The Morgan fingerprint density at radius 3 is 2.62 bits per heavy atom. The summed E-state index contributed by atoms with van der Waals surface area (Å²) in [6.45, 7) is 3.48. The van der Waals surface area contributed by atoms with E-state index in [4.69, 9.17) is 10.5 Å². The summed E-state index contributed by atoms with van der Waals surface area (Å²) in [5, 5.41) is 3.59. The predicted octanol–water partition coefficient (Wildman–Crippen LogP) is 0.731. The minimum absolute atomic E-state index is 0.163. The summed E-state index contributed by atoms with van der Waals surface area (Å²) in [5.41, 5.74) is 5.31. The van der Waals surface area contributed by atoms with Crippen LogP contribution in [0.1, 0.15) is 38.5 Å². The van der Waals surface area contributed by atoms with Crippen LogP contribution in [0.4, 0.5) is 0 Å². The van der Waals surface area contributed by atoms with E-state index >= 15 is 0 Å². The normalized spacial score (nSPS) is 29.3. The molecule has 0 spiro atoms. The Morgan fingerprint density at radius 2 is 2.10 bits per heavy atom. The second kappa shape index (κ2) is 6.23. The minimum Gasteiger partial charge on any atom is -0.381 e. The maximum Gasteiger partial charge on any atom is 0.239 e. The lowest BCUT2D eigenvalue weighted by molar-refractivity contribution is -0.126. The molecule has 2 atom stereocenters. The quantitative estimate of drug-likeness (QED) is 0.693. The summed E-state index contributed by atoms with van der Waals surface area (Å²) in [6, 6.07) is 0.504. The van der Waals surface area contributed by atoms with Gasteiger partial charge in [0.2, 0.25) is 5.91 Å². The standard InChI is InChI=1S/C16H29N3O2/c1-19(9-12-3-2-8-21-10-12)11-16(15(17)20,13-4-5-13)18-14-6-7-14/h12-14,18H,2-11H2,1H3,(H2,17,20). The number of nitrogens with zero attached hydrogens (tertiary/aromatic N) is 1. The van der Waals surface area contributed by atoms with Crippen LogP contribution in [0, 0.1) is 11.8 Å². The Hall–Kier alpha value is -0.650. The number of carbonyl (C=O) groups is 1. The van der Waals surface area contributed by atoms with E-state index in [1.54, 1.807) is 0 Å². The van der Waals surface area contributed by atoms with Gasteiger partial charge in [0.1, 0.15) is 5.54 Å². The molecule has 3 fully saturated rings. The van der Waals surface area contributed by atoms with E-state index in [1.807, 2.05) is 0 Å². The number of rotatable bonds is 8. The summed E-state index contributed by atoms with van der Waals surface area (Å²) in [6.07, 6.45) is 7.01. The number of primary amides is 1. The maximum absolute atomic E-state index is 12.2. The second-order valence-corrected chi connectivity index (χ2v) is 7.31. The van der Waals surface area contributed by atoms with Crippen molar-refractivity contribution in [3.05, 3.63) is 0 Å². The van der Waals surface area contributed by atoms with Gasteiger partial charge in [-0.15, -0.1) is 0 Å². The van der Waals surface area contributed by atoms with Crippen molar-refractivity contribution in [3.63, 3.8) is 0 Å². The average Bonchev–Trinajstić information content (AvgIpc) is 3.32. The molecule has 0 bridgehead atoms. The molecule has 1 heterocycles. The lowest BCUT2D eigenvalue weighted by atomic mass is 9.90. The molecule has 0 aromatic rings. The smallest absolute Gasteiger partial charge is 0.239 e. The van der Waals surface area contributed by atoms with Crippen LogP contribution >= 0.6 is 0 Å². The van der Waals surface area contributed by atoms with Crippen LogP contribution in [-0.2, 0) is 9.53 Å². The number of likely N-dealkylation sites (N-methyl/N-ethyl adjacent to an activating group) is 1. The van der Waals surface area contributed by atoms with E-state index in [0.29, 0.717) is 17.9 Å². The molecular formula is C16H29N3O2. The van der Waals surface area contributed by atoms with Crippen molar-refractivity contribution >= 4 is 5.91 Å². The first kappa shape index (κ1) is 15.3. The number of amides is 1. The third-order valence-electron chi connectivity index (χ3n) is 5.10. The molecule has 21 heavy (non-hydrogen) atoms. The zero-order valence-corrected chi connectivity index (χ0v) is 13.1. The number of hydrogen-bond donors (Lipinski definition) is 2. The number of carbonyl (C=O) groups excluding carboxylic acids is 1. The molecule has 5 heteroatoms. The van der Waals surface area contributed by atoms with Gasteiger partial charge in [0.15, 0.2) is 0 Å². The largest absolute Gasteiger partial charge is 0.381 e. The van der Waals surface area contributed by atoms with E-state index in [9.17, 15) is 4.79 Å². The third-order valence-corrected chi connectivity index (χ3v) is 5.10. The highest BCUT2D eigenvalue weighted by Gasteiger charge is 2.52. The van der Waals surface area contributed by atoms with Gasteiger partial charge in [0.25, 0.3) is 0 Å². The van der Waals surface area contributed by atoms with E-state index in [0.717, 1.165) is 45.6 Å². The fourth-order valence-electron chi connectivity index (χ4n) is 3.69. The molecule has 1 saturated heterocycles. The van der Waals surface area contributed by atoms with Gasteiger partial charge in [-0.05, 0) is 57.4 Å². The molecule has 2 saturated carbocycles. The van der Waals surface area contributed by atoms with Gasteiger partial charge in [-0.1, -0.05) is 0 Å². The van der Waals surface area contributed by atoms with E-state index in [2.05, 4.69) is 17.3 Å². The second-order valence-electron chi connectivity index (χ2n) is 7.31. The molecular weight excluding hydrogens is 266 g/mol. The lowest BCUT2D eigenvalue weighted by Gasteiger charge is -2.37. The van der Waals surface area contributed by atoms with Gasteiger partial charge in [-0.25, -0.2) is 0 Å². The number of nitrogens with one attached hydrogen (secondary N) is 1. The van der Waals surface area contributed by atoms with E-state index in [1.165, 1.54) is 19.3 Å². The van der Waals surface area contributed by atoms with Crippen molar-refractivity contribution < 1.29 is 9.53 Å². The molecule has 5 nitrogen and oxygen atoms in total. The van der Waals surface area contributed by atoms with Crippen LogP contribution in [0.5, 0.6) is 0 Å². The van der Waals surface area contributed by atoms with Gasteiger partial charge < -0.3 is 15.4 Å². The van der Waals surface area contributed by atoms with Crippen LogP contribution in [0.2, 0.25) is 0 Å². The Morgan fingerprint density at radius 1 is 1.33 bits per heavy atom. The molecule has 0 radical (unpaired) electrons. The summed E-state index contributed by atoms with van der Waals surface area (Å²) in [7, 11) is 2.11. The molecule has 2 aliphatic carbocycles. The first-order valence-corrected chi connectivity index (χ1v) is 8.44. The lowest BCUT2D eigenvalue weighted by Crippen LogP contribution is -2.63. The van der Waals surface area contributed by atoms with Crippen LogP contribution in [0.25, 0.3) is 0 Å². The molecule has 3 rings (SSSR count). The Labute approximate surface area is 127 Å². The van der Waals surface area contributed by atoms with Gasteiger partial charge in [0.05, 0.1) is 6.61 Å². The molecule has 2 unspecified atom stereocenters. The van der Waals surface area contributed by atoms with Crippen LogP contribution < -0.4 is 11.1 Å². The predicted molar refractivity (Wildman–Crippen MR) is 81.8 cm³/mol. The van der Waals surface area contributed by atoms with Crippen LogP contribution in [-0.4, -0.2) is 55.7 Å². The minimum atomic E-state index is -0.508. The van der Waals surface area contributed by atoms with Gasteiger partial charge in [-0.2, -0.15) is 0 Å². The Balaban J connectivity index is 1.60. The molecule has 3 aliphatic rings. The first-order chi connectivity index (χ1) is 10.1. The summed E-state index contributed by atoms with van der Waals surface area (Å²) in [5.74, 6) is 0.860. The average molecular weight is 295 g/mol. The summed E-state index contributed by atoms with van der Waals surface area (Å²) >= 11 is 0. The van der Waals surface area contributed by atoms with Crippen molar-refractivity contribution in [1.82, 2.24) is 10.2 Å². The topological polar surface area (TPSA) is 67.6 Å². The zero-order valence-electron chi connectivity index (χ0n) is 13.1. The highest BCUT2D eigenvalue weighted by atomic mass is 16.5. The van der Waals surface area contributed by atoms with Gasteiger partial charge >= 0.3 is 0 Å². The summed E-state index contributed by atoms with van der Waals surface area (Å²) < 4.78 is 5.56. The summed E-state index contributed by atoms with van der Waals surface area (Å²) in [4.78, 5) is 14.5. The van der Waals surface area contributed by atoms with Gasteiger partial charge in [0, 0.05) is 25.7 Å². The van der Waals surface area contributed by atoms with Crippen molar-refractivity contribution in [1.29, 1.82) is 0 Å². The fourth-order valence-corrected chi connectivity index (χ4v) is 3.69. The van der Waals surface area contributed by atoms with Gasteiger partial charge in [-0.3, -0.25) is 10.1 Å². The maximum atomic E-state index is 12.2. The van der Waals surface area contributed by atoms with Crippen LogP contribution in [0.15, 0.2) is 0 Å². The number of nitrogens with two attached hydrogens (primary N) is 1. The first-order valence-electron chi connectivity index (χ1n) is 8.44. The SMILES string of the molecule is CN(CC1CCCOC1)CC(NC1CC1)(C(N)=O)C1CC1. The Kier molecular flexibility index (Phi) is 4.52. The molecule has 0 aromatic carbocycles. The molecule has 1 aliphatic heterocycles. The number of ether oxygens (including phenoxy) is 1. The monoisotopic (exact) mass is 295 g/mol. The third kappa shape index (κ3) is 3.76. The number of hydrogen-bond acceptors (Lipinski definition) is 4. The zero-order chi connectivity index (χ0) is 14.9. The highest BCUT2D eigenvalue weighted by molar-refractivity contribution is 5.86. The highest BCUT2D eigenvalue weighted by Crippen LogP contribution is 2.42. The van der Waals surface area contributed by atoms with E-state index in [-0.39, 0.29) is 5.91 Å². The van der Waals surface area contributed by atoms with Crippen molar-refractivity contribution in [2.45, 2.75) is 50.1 Å². The molecule has 0 aromatic heterocycles. The Bertz CT molecular complexity index is 376. The van der Waals surface area contributed by atoms with Crippen molar-refractivity contribution in [2.24, 2.45) is 17.6 Å². The molecule has 3 N–H and O–H groups in total. The van der Waals surface area contributed by atoms with Crippen LogP contribution in [0.3, 0.4) is 0 Å². The molecule has 1 amide bonds.